The Morgan fingerprint density at radius 2 is 1.95 bits per heavy atom. The molecule has 1 aromatic carbocycles. The Bertz CT molecular complexity index is 519. The summed E-state index contributed by atoms with van der Waals surface area (Å²) >= 11 is 0. The van der Waals surface area contributed by atoms with Gasteiger partial charge in [0.25, 0.3) is 5.91 Å². The van der Waals surface area contributed by atoms with Gasteiger partial charge in [-0.25, -0.2) is 4.39 Å². The monoisotopic (exact) mass is 277 g/mol. The van der Waals surface area contributed by atoms with Gasteiger partial charge < -0.3 is 10.5 Å². The van der Waals surface area contributed by atoms with Crippen molar-refractivity contribution in [1.29, 1.82) is 0 Å². The molecule has 3 rings (SSSR count). The van der Waals surface area contributed by atoms with Gasteiger partial charge in [-0.3, -0.25) is 4.79 Å². The molecule has 1 amide bonds. The molecule has 108 valence electrons. The molecular weight excluding hydrogens is 257 g/mol. The minimum absolute atomic E-state index is 0.0277. The Balaban J connectivity index is 1.80. The highest BCUT2D eigenvalue weighted by atomic mass is 19.1. The Labute approximate surface area is 118 Å². The molecule has 0 spiro atoms. The van der Waals surface area contributed by atoms with E-state index in [0.29, 0.717) is 24.2 Å². The van der Waals surface area contributed by atoms with E-state index in [4.69, 9.17) is 10.5 Å². The zero-order valence-electron chi connectivity index (χ0n) is 11.5. The second-order valence-electron chi connectivity index (χ2n) is 5.97. The highest BCUT2D eigenvalue weighted by Gasteiger charge is 2.29. The second kappa shape index (κ2) is 5.43. The van der Waals surface area contributed by atoms with Gasteiger partial charge in [-0.15, -0.1) is 0 Å². The van der Waals surface area contributed by atoms with Crippen LogP contribution in [-0.2, 0) is 0 Å². The van der Waals surface area contributed by atoms with Gasteiger partial charge >= 0.3 is 0 Å². The van der Waals surface area contributed by atoms with Crippen molar-refractivity contribution in [3.05, 3.63) is 29.1 Å². The van der Waals surface area contributed by atoms with E-state index < -0.39 is 11.7 Å². The number of benzene rings is 1. The van der Waals surface area contributed by atoms with Gasteiger partial charge in [0.1, 0.15) is 11.6 Å². The smallest absolute Gasteiger partial charge is 0.251 e. The van der Waals surface area contributed by atoms with Gasteiger partial charge in [0.15, 0.2) is 0 Å². The third-order valence-electron chi connectivity index (χ3n) is 4.33. The lowest BCUT2D eigenvalue weighted by molar-refractivity contribution is 0.0996. The maximum absolute atomic E-state index is 13.9. The lowest BCUT2D eigenvalue weighted by Gasteiger charge is -2.15. The molecule has 0 unspecified atom stereocenters. The molecular formula is C16H20FNO2. The quantitative estimate of drug-likeness (QED) is 0.897. The van der Waals surface area contributed by atoms with Crippen LogP contribution in [0.2, 0.25) is 0 Å². The Morgan fingerprint density at radius 3 is 2.55 bits per heavy atom. The number of carbonyl (C=O) groups excluding carboxylic acids is 1. The van der Waals surface area contributed by atoms with E-state index in [1.165, 1.54) is 31.7 Å². The Kier molecular flexibility index (Phi) is 3.64. The van der Waals surface area contributed by atoms with Crippen molar-refractivity contribution in [2.24, 2.45) is 11.7 Å². The van der Waals surface area contributed by atoms with Crippen molar-refractivity contribution in [1.82, 2.24) is 0 Å². The van der Waals surface area contributed by atoms with Crippen LogP contribution in [0.25, 0.3) is 0 Å². The molecule has 0 atom stereocenters. The summed E-state index contributed by atoms with van der Waals surface area (Å²) in [6.07, 6.45) is 7.06. The third-order valence-corrected chi connectivity index (χ3v) is 4.33. The molecule has 2 aliphatic rings. The number of halogens is 1. The second-order valence-corrected chi connectivity index (χ2v) is 5.97. The van der Waals surface area contributed by atoms with Crippen LogP contribution in [-0.4, -0.2) is 12.5 Å². The summed E-state index contributed by atoms with van der Waals surface area (Å²) < 4.78 is 19.7. The summed E-state index contributed by atoms with van der Waals surface area (Å²) in [6.45, 7) is 0.648. The zero-order chi connectivity index (χ0) is 14.1. The first kappa shape index (κ1) is 13.4. The van der Waals surface area contributed by atoms with Crippen LogP contribution in [0.5, 0.6) is 5.75 Å². The Hall–Kier alpha value is -1.58. The number of nitrogens with two attached hydrogens (primary N) is 1. The Morgan fingerprint density at radius 1 is 1.25 bits per heavy atom. The lowest BCUT2D eigenvalue weighted by Crippen LogP contribution is -2.15. The van der Waals surface area contributed by atoms with Gasteiger partial charge in [-0.2, -0.15) is 0 Å². The minimum Gasteiger partial charge on any atom is -0.493 e. The van der Waals surface area contributed by atoms with Gasteiger partial charge in [0, 0.05) is 6.07 Å². The molecule has 3 nitrogen and oxygen atoms in total. The van der Waals surface area contributed by atoms with E-state index in [1.54, 1.807) is 6.07 Å². The number of ether oxygens (including phenoxy) is 1. The van der Waals surface area contributed by atoms with Crippen molar-refractivity contribution in [2.75, 3.05) is 6.61 Å². The average molecular weight is 277 g/mol. The zero-order valence-corrected chi connectivity index (χ0v) is 11.5. The predicted octanol–water partition coefficient (Wildman–Crippen LogP) is 3.37. The van der Waals surface area contributed by atoms with E-state index in [9.17, 15) is 9.18 Å². The van der Waals surface area contributed by atoms with Crippen molar-refractivity contribution in [2.45, 2.75) is 44.4 Å². The summed E-state index contributed by atoms with van der Waals surface area (Å²) in [5.74, 6) is 0.283. The van der Waals surface area contributed by atoms with E-state index in [0.717, 1.165) is 18.4 Å². The van der Waals surface area contributed by atoms with Crippen molar-refractivity contribution < 1.29 is 13.9 Å². The molecule has 0 saturated heterocycles. The fourth-order valence-electron chi connectivity index (χ4n) is 2.98. The molecule has 0 radical (unpaired) electrons. The molecule has 4 heteroatoms. The maximum atomic E-state index is 13.9. The van der Waals surface area contributed by atoms with Crippen LogP contribution in [0.3, 0.4) is 0 Å². The van der Waals surface area contributed by atoms with Gasteiger partial charge in [-0.1, -0.05) is 12.8 Å². The highest BCUT2D eigenvalue weighted by Crippen LogP contribution is 2.45. The summed E-state index contributed by atoms with van der Waals surface area (Å²) in [7, 11) is 0. The minimum atomic E-state index is -0.716. The number of hydrogen-bond donors (Lipinski definition) is 1. The molecule has 2 saturated carbocycles. The molecule has 2 N–H and O–H groups in total. The summed E-state index contributed by atoms with van der Waals surface area (Å²) in [5, 5.41) is 0. The molecule has 0 aliphatic heterocycles. The molecule has 0 heterocycles. The fourth-order valence-corrected chi connectivity index (χ4v) is 2.98. The SMILES string of the molecule is NC(=O)c1cc(C2CC2)c(OCC2CCCC2)cc1F. The van der Waals surface area contributed by atoms with Crippen molar-refractivity contribution >= 4 is 5.91 Å². The fraction of sp³-hybridized carbons (Fsp3) is 0.562. The first-order chi connectivity index (χ1) is 9.65. The largest absolute Gasteiger partial charge is 0.493 e. The number of hydrogen-bond acceptors (Lipinski definition) is 2. The van der Waals surface area contributed by atoms with Crippen LogP contribution in [0.4, 0.5) is 4.39 Å². The number of amides is 1. The third kappa shape index (κ3) is 2.79. The first-order valence-electron chi connectivity index (χ1n) is 7.41. The van der Waals surface area contributed by atoms with Gasteiger partial charge in [0.2, 0.25) is 0 Å². The molecule has 2 aliphatic carbocycles. The average Bonchev–Trinajstić information content (AvgIpc) is 3.12. The molecule has 2 fully saturated rings. The predicted molar refractivity (Wildman–Crippen MR) is 74.3 cm³/mol. The summed E-state index contributed by atoms with van der Waals surface area (Å²) in [6, 6.07) is 2.92. The van der Waals surface area contributed by atoms with Crippen molar-refractivity contribution in [3.8, 4) is 5.75 Å². The molecule has 0 bridgehead atoms. The summed E-state index contributed by atoms with van der Waals surface area (Å²) in [5.41, 5.74) is 6.12. The first-order valence-corrected chi connectivity index (χ1v) is 7.41. The van der Waals surface area contributed by atoms with E-state index in [-0.39, 0.29) is 5.56 Å². The molecule has 1 aromatic rings. The van der Waals surface area contributed by atoms with E-state index in [2.05, 4.69) is 0 Å². The van der Waals surface area contributed by atoms with E-state index >= 15 is 0 Å². The van der Waals surface area contributed by atoms with Crippen LogP contribution in [0, 0.1) is 11.7 Å². The number of primary amides is 1. The van der Waals surface area contributed by atoms with E-state index in [1.807, 2.05) is 0 Å². The molecule has 20 heavy (non-hydrogen) atoms. The number of rotatable bonds is 5. The standard InChI is InChI=1S/C16H20FNO2/c17-14-8-15(20-9-10-3-1-2-4-10)12(11-5-6-11)7-13(14)16(18)19/h7-8,10-11H,1-6,9H2,(H2,18,19). The normalized spacial score (nSPS) is 19.2. The van der Waals surface area contributed by atoms with Crippen LogP contribution in [0.1, 0.15) is 60.4 Å². The maximum Gasteiger partial charge on any atom is 0.251 e. The van der Waals surface area contributed by atoms with Gasteiger partial charge in [-0.05, 0) is 49.1 Å². The lowest BCUT2D eigenvalue weighted by atomic mass is 10.0. The molecule has 0 aromatic heterocycles. The van der Waals surface area contributed by atoms with Gasteiger partial charge in [0.05, 0.1) is 12.2 Å². The van der Waals surface area contributed by atoms with Crippen LogP contribution in [0.15, 0.2) is 12.1 Å². The highest BCUT2D eigenvalue weighted by molar-refractivity contribution is 5.93. The number of carbonyl (C=O) groups is 1. The van der Waals surface area contributed by atoms with Crippen molar-refractivity contribution in [3.63, 3.8) is 0 Å². The van der Waals surface area contributed by atoms with Crippen LogP contribution < -0.4 is 10.5 Å². The topological polar surface area (TPSA) is 52.3 Å². The van der Waals surface area contributed by atoms with Crippen LogP contribution >= 0.6 is 0 Å². The summed E-state index contributed by atoms with van der Waals surface area (Å²) in [4.78, 5) is 11.2.